The van der Waals surface area contributed by atoms with Crippen LogP contribution in [0.1, 0.15) is 67.3 Å². The SMILES string of the molecule is CC(C)c1csc(C2(N)CCC(C)c3ccccc32)n1. The molecule has 0 fully saturated rings. The smallest absolute Gasteiger partial charge is 0.117 e. The zero-order valence-electron chi connectivity index (χ0n) is 12.4. The van der Waals surface area contributed by atoms with Gasteiger partial charge in [-0.1, -0.05) is 45.0 Å². The maximum Gasteiger partial charge on any atom is 0.117 e. The van der Waals surface area contributed by atoms with Gasteiger partial charge in [-0.2, -0.15) is 0 Å². The highest BCUT2D eigenvalue weighted by atomic mass is 32.1. The third-order valence-corrected chi connectivity index (χ3v) is 5.48. The number of thiazole rings is 1. The molecule has 1 aliphatic rings. The summed E-state index contributed by atoms with van der Waals surface area (Å²) >= 11 is 1.71. The summed E-state index contributed by atoms with van der Waals surface area (Å²) in [4.78, 5) is 4.82. The number of hydrogen-bond donors (Lipinski definition) is 1. The van der Waals surface area contributed by atoms with Crippen molar-refractivity contribution in [1.82, 2.24) is 4.98 Å². The number of aromatic nitrogens is 1. The molecule has 20 heavy (non-hydrogen) atoms. The lowest BCUT2D eigenvalue weighted by molar-refractivity contribution is 0.409. The Bertz CT molecular complexity index is 617. The number of hydrogen-bond acceptors (Lipinski definition) is 3. The summed E-state index contributed by atoms with van der Waals surface area (Å²) < 4.78 is 0. The maximum atomic E-state index is 6.82. The summed E-state index contributed by atoms with van der Waals surface area (Å²) in [5.41, 5.74) is 10.2. The molecule has 2 unspecified atom stereocenters. The molecule has 0 saturated heterocycles. The van der Waals surface area contributed by atoms with Crippen molar-refractivity contribution in [2.24, 2.45) is 5.73 Å². The first-order valence-corrected chi connectivity index (χ1v) is 8.24. The van der Waals surface area contributed by atoms with E-state index < -0.39 is 5.54 Å². The second-order valence-corrected chi connectivity index (χ2v) is 7.09. The summed E-state index contributed by atoms with van der Waals surface area (Å²) in [6.45, 7) is 6.65. The van der Waals surface area contributed by atoms with Crippen LogP contribution < -0.4 is 5.73 Å². The fourth-order valence-corrected chi connectivity index (χ4v) is 4.18. The van der Waals surface area contributed by atoms with Crippen molar-refractivity contribution in [3.05, 3.63) is 51.5 Å². The Labute approximate surface area is 125 Å². The summed E-state index contributed by atoms with van der Waals surface area (Å²) in [6, 6.07) is 8.61. The molecule has 0 aliphatic heterocycles. The van der Waals surface area contributed by atoms with Gasteiger partial charge in [-0.05, 0) is 35.8 Å². The monoisotopic (exact) mass is 286 g/mol. The van der Waals surface area contributed by atoms with Gasteiger partial charge in [0.1, 0.15) is 5.01 Å². The molecule has 2 N–H and O–H groups in total. The molecule has 2 nitrogen and oxygen atoms in total. The van der Waals surface area contributed by atoms with Crippen LogP contribution in [0.2, 0.25) is 0 Å². The van der Waals surface area contributed by atoms with Crippen molar-refractivity contribution in [1.29, 1.82) is 0 Å². The van der Waals surface area contributed by atoms with Gasteiger partial charge < -0.3 is 5.73 Å². The molecule has 2 aromatic rings. The molecular formula is C17H22N2S. The van der Waals surface area contributed by atoms with E-state index in [9.17, 15) is 0 Å². The minimum Gasteiger partial charge on any atom is -0.316 e. The molecule has 0 bridgehead atoms. The quantitative estimate of drug-likeness (QED) is 0.890. The lowest BCUT2D eigenvalue weighted by Gasteiger charge is -2.37. The van der Waals surface area contributed by atoms with Crippen molar-refractivity contribution in [3.8, 4) is 0 Å². The summed E-state index contributed by atoms with van der Waals surface area (Å²) in [5, 5.41) is 3.23. The third kappa shape index (κ3) is 2.09. The first kappa shape index (κ1) is 13.8. The van der Waals surface area contributed by atoms with Gasteiger partial charge in [0.25, 0.3) is 0 Å². The van der Waals surface area contributed by atoms with Gasteiger partial charge in [-0.3, -0.25) is 0 Å². The molecule has 106 valence electrons. The van der Waals surface area contributed by atoms with Crippen LogP contribution in [0.3, 0.4) is 0 Å². The van der Waals surface area contributed by atoms with E-state index in [0.29, 0.717) is 11.8 Å². The van der Waals surface area contributed by atoms with Crippen LogP contribution in [0.15, 0.2) is 29.6 Å². The Morgan fingerprint density at radius 1 is 1.35 bits per heavy atom. The molecule has 1 heterocycles. The number of rotatable bonds is 2. The predicted octanol–water partition coefficient (Wildman–Crippen LogP) is 4.37. The minimum atomic E-state index is -0.402. The lowest BCUT2D eigenvalue weighted by atomic mass is 9.73. The van der Waals surface area contributed by atoms with Gasteiger partial charge in [0, 0.05) is 5.38 Å². The van der Waals surface area contributed by atoms with E-state index in [4.69, 9.17) is 10.7 Å². The fraction of sp³-hybridized carbons (Fsp3) is 0.471. The van der Waals surface area contributed by atoms with Gasteiger partial charge in [-0.25, -0.2) is 4.98 Å². The van der Waals surface area contributed by atoms with Crippen molar-refractivity contribution >= 4 is 11.3 Å². The van der Waals surface area contributed by atoms with Crippen molar-refractivity contribution in [3.63, 3.8) is 0 Å². The average molecular weight is 286 g/mol. The number of nitrogens with two attached hydrogens (primary N) is 1. The van der Waals surface area contributed by atoms with E-state index in [2.05, 4.69) is 50.4 Å². The second kappa shape index (κ2) is 4.97. The Morgan fingerprint density at radius 3 is 2.80 bits per heavy atom. The van der Waals surface area contributed by atoms with Crippen LogP contribution in [-0.2, 0) is 5.54 Å². The predicted molar refractivity (Wildman–Crippen MR) is 85.3 cm³/mol. The fourth-order valence-electron chi connectivity index (χ4n) is 3.05. The largest absolute Gasteiger partial charge is 0.316 e. The van der Waals surface area contributed by atoms with E-state index in [1.807, 2.05) is 0 Å². The molecule has 3 rings (SSSR count). The molecular weight excluding hydrogens is 264 g/mol. The molecule has 0 amide bonds. The van der Waals surface area contributed by atoms with Crippen molar-refractivity contribution < 1.29 is 0 Å². The molecule has 0 radical (unpaired) electrons. The van der Waals surface area contributed by atoms with Gasteiger partial charge >= 0.3 is 0 Å². The molecule has 1 aromatic heterocycles. The maximum absolute atomic E-state index is 6.82. The zero-order valence-corrected chi connectivity index (χ0v) is 13.2. The van der Waals surface area contributed by atoms with Gasteiger partial charge in [0.05, 0.1) is 11.2 Å². The second-order valence-electron chi connectivity index (χ2n) is 6.23. The minimum absolute atomic E-state index is 0.402. The topological polar surface area (TPSA) is 38.9 Å². The Hall–Kier alpha value is -1.19. The van der Waals surface area contributed by atoms with Crippen molar-refractivity contribution in [2.45, 2.75) is 51.0 Å². The zero-order chi connectivity index (χ0) is 14.3. The lowest BCUT2D eigenvalue weighted by Crippen LogP contribution is -2.41. The van der Waals surface area contributed by atoms with E-state index in [0.717, 1.165) is 23.5 Å². The Balaban J connectivity index is 2.10. The van der Waals surface area contributed by atoms with Gasteiger partial charge in [-0.15, -0.1) is 11.3 Å². The summed E-state index contributed by atoms with van der Waals surface area (Å²) in [5.74, 6) is 1.05. The first-order chi connectivity index (χ1) is 9.52. The van der Waals surface area contributed by atoms with Crippen LogP contribution in [0, 0.1) is 0 Å². The Morgan fingerprint density at radius 2 is 2.10 bits per heavy atom. The highest BCUT2D eigenvalue weighted by Crippen LogP contribution is 2.44. The average Bonchev–Trinajstić information content (AvgIpc) is 2.94. The van der Waals surface area contributed by atoms with Crippen LogP contribution in [0.4, 0.5) is 0 Å². The van der Waals surface area contributed by atoms with E-state index in [1.165, 1.54) is 11.1 Å². The van der Waals surface area contributed by atoms with Gasteiger partial charge in [0.15, 0.2) is 0 Å². The normalized spacial score (nSPS) is 25.8. The number of fused-ring (bicyclic) bond motifs is 1. The summed E-state index contributed by atoms with van der Waals surface area (Å²) in [6.07, 6.45) is 2.11. The van der Waals surface area contributed by atoms with E-state index in [1.54, 1.807) is 11.3 Å². The van der Waals surface area contributed by atoms with E-state index in [-0.39, 0.29) is 0 Å². The van der Waals surface area contributed by atoms with Gasteiger partial charge in [0.2, 0.25) is 0 Å². The first-order valence-electron chi connectivity index (χ1n) is 7.36. The molecule has 1 aromatic carbocycles. The molecule has 0 spiro atoms. The van der Waals surface area contributed by atoms with Crippen molar-refractivity contribution in [2.75, 3.05) is 0 Å². The molecule has 0 saturated carbocycles. The number of nitrogens with zero attached hydrogens (tertiary/aromatic N) is 1. The standard InChI is InChI=1S/C17H22N2S/c1-11(2)15-10-20-16(19-15)17(18)9-8-12(3)13-6-4-5-7-14(13)17/h4-7,10-12H,8-9,18H2,1-3H3. The molecule has 3 heteroatoms. The van der Waals surface area contributed by atoms with Crippen LogP contribution in [0.25, 0.3) is 0 Å². The highest BCUT2D eigenvalue weighted by molar-refractivity contribution is 7.09. The van der Waals surface area contributed by atoms with Crippen LogP contribution in [-0.4, -0.2) is 4.98 Å². The van der Waals surface area contributed by atoms with Crippen LogP contribution >= 0.6 is 11.3 Å². The third-order valence-electron chi connectivity index (χ3n) is 4.44. The Kier molecular flexibility index (Phi) is 3.43. The van der Waals surface area contributed by atoms with Crippen LogP contribution in [0.5, 0.6) is 0 Å². The summed E-state index contributed by atoms with van der Waals surface area (Å²) in [7, 11) is 0. The van der Waals surface area contributed by atoms with E-state index >= 15 is 0 Å². The highest BCUT2D eigenvalue weighted by Gasteiger charge is 2.39. The molecule has 1 aliphatic carbocycles. The molecule has 2 atom stereocenters. The number of benzene rings is 1.